The third-order valence-electron chi connectivity index (χ3n) is 4.65. The molecule has 7 nitrogen and oxygen atoms in total. The van der Waals surface area contributed by atoms with E-state index in [-0.39, 0.29) is 23.8 Å². The van der Waals surface area contributed by atoms with Gasteiger partial charge in [0, 0.05) is 37.9 Å². The molecule has 0 spiro atoms. The Morgan fingerprint density at radius 3 is 2.45 bits per heavy atom. The van der Waals surface area contributed by atoms with Crippen LogP contribution in [0.15, 0.2) is 24.3 Å². The van der Waals surface area contributed by atoms with Crippen molar-refractivity contribution in [2.75, 3.05) is 36.4 Å². The van der Waals surface area contributed by atoms with Gasteiger partial charge in [-0.25, -0.2) is 23.5 Å². The van der Waals surface area contributed by atoms with E-state index in [1.54, 1.807) is 11.0 Å². The van der Waals surface area contributed by atoms with E-state index in [9.17, 15) is 13.6 Å². The van der Waals surface area contributed by atoms with Crippen LogP contribution in [0.4, 0.5) is 25.1 Å². The SMILES string of the molecule is CC(C)Oc1nc2cc(Cl)sc2nc1NC(=O)N1CCN(c2cc(F)cc(F)c2)CC1. The zero-order chi connectivity index (χ0) is 22.1. The molecule has 0 bridgehead atoms. The maximum absolute atomic E-state index is 13.5. The van der Waals surface area contributed by atoms with Crippen molar-refractivity contribution in [3.63, 3.8) is 0 Å². The number of hydrogen-bond donors (Lipinski definition) is 1. The third kappa shape index (κ3) is 4.96. The highest BCUT2D eigenvalue weighted by Crippen LogP contribution is 2.32. The summed E-state index contributed by atoms with van der Waals surface area (Å²) in [5.41, 5.74) is 1.05. The third-order valence-corrected chi connectivity index (χ3v) is 5.80. The number of aromatic nitrogens is 2. The van der Waals surface area contributed by atoms with E-state index in [1.165, 1.54) is 23.5 Å². The van der Waals surface area contributed by atoms with Crippen LogP contribution in [-0.2, 0) is 0 Å². The summed E-state index contributed by atoms with van der Waals surface area (Å²) >= 11 is 7.32. The van der Waals surface area contributed by atoms with Crippen LogP contribution < -0.4 is 15.0 Å². The average molecular weight is 468 g/mol. The lowest BCUT2D eigenvalue weighted by molar-refractivity contribution is 0.207. The number of ether oxygens (including phenoxy) is 1. The van der Waals surface area contributed by atoms with Gasteiger partial charge in [0.1, 0.15) is 22.0 Å². The Morgan fingerprint density at radius 2 is 1.81 bits per heavy atom. The number of urea groups is 1. The molecule has 3 aromatic rings. The largest absolute Gasteiger partial charge is 0.472 e. The zero-order valence-electron chi connectivity index (χ0n) is 16.9. The standard InChI is InChI=1S/C20H20ClF2N5O2S/c1-11(2)30-18-17(25-19-15(24-18)10-16(21)31-19)26-20(29)28-5-3-27(4-6-28)14-8-12(22)7-13(23)9-14/h7-11H,3-6H2,1-2H3,(H,25,26,29). The minimum absolute atomic E-state index is 0.160. The minimum Gasteiger partial charge on any atom is -0.472 e. The first-order valence-corrected chi connectivity index (χ1v) is 10.9. The number of halogens is 3. The summed E-state index contributed by atoms with van der Waals surface area (Å²) in [5, 5.41) is 2.77. The Labute approximate surface area is 186 Å². The number of nitrogens with one attached hydrogen (secondary N) is 1. The molecule has 1 N–H and O–H groups in total. The Morgan fingerprint density at radius 1 is 1.13 bits per heavy atom. The van der Waals surface area contributed by atoms with Gasteiger partial charge in [0.15, 0.2) is 5.82 Å². The normalized spacial score (nSPS) is 14.4. The molecule has 1 aromatic carbocycles. The predicted molar refractivity (Wildman–Crippen MR) is 117 cm³/mol. The van der Waals surface area contributed by atoms with Crippen molar-refractivity contribution in [1.29, 1.82) is 0 Å². The molecular formula is C20H20ClF2N5O2S. The van der Waals surface area contributed by atoms with Crippen molar-refractivity contribution in [3.05, 3.63) is 40.2 Å². The minimum atomic E-state index is -0.629. The Bertz CT molecular complexity index is 1100. The number of benzene rings is 1. The summed E-state index contributed by atoms with van der Waals surface area (Å²) in [7, 11) is 0. The molecule has 2 aromatic heterocycles. The summed E-state index contributed by atoms with van der Waals surface area (Å²) in [6.45, 7) is 5.35. The Kier molecular flexibility index (Phi) is 6.10. The van der Waals surface area contributed by atoms with Crippen LogP contribution in [0, 0.1) is 11.6 Å². The lowest BCUT2D eigenvalue weighted by Crippen LogP contribution is -2.50. The van der Waals surface area contributed by atoms with Crippen molar-refractivity contribution in [3.8, 4) is 5.88 Å². The van der Waals surface area contributed by atoms with Gasteiger partial charge >= 0.3 is 6.03 Å². The van der Waals surface area contributed by atoms with Crippen molar-refractivity contribution in [2.45, 2.75) is 20.0 Å². The van der Waals surface area contributed by atoms with Gasteiger partial charge in [0.05, 0.1) is 10.4 Å². The van der Waals surface area contributed by atoms with Crippen LogP contribution in [0.5, 0.6) is 5.88 Å². The molecule has 4 rings (SSSR count). The second kappa shape index (κ2) is 8.80. The highest BCUT2D eigenvalue weighted by Gasteiger charge is 2.24. The second-order valence-electron chi connectivity index (χ2n) is 7.32. The molecule has 1 aliphatic rings. The van der Waals surface area contributed by atoms with E-state index < -0.39 is 11.6 Å². The fourth-order valence-corrected chi connectivity index (χ4v) is 4.30. The van der Waals surface area contributed by atoms with Gasteiger partial charge in [-0.3, -0.25) is 5.32 Å². The van der Waals surface area contributed by atoms with E-state index in [0.717, 1.165) is 6.07 Å². The first-order chi connectivity index (χ1) is 14.8. The molecule has 2 amide bonds. The molecule has 1 saturated heterocycles. The molecule has 0 saturated carbocycles. The molecule has 31 heavy (non-hydrogen) atoms. The number of carbonyl (C=O) groups excluding carboxylic acids is 1. The summed E-state index contributed by atoms with van der Waals surface area (Å²) in [6, 6.07) is 4.75. The summed E-state index contributed by atoms with van der Waals surface area (Å²) in [4.78, 5) is 25.8. The van der Waals surface area contributed by atoms with Crippen molar-refractivity contribution in [1.82, 2.24) is 14.9 Å². The Balaban J connectivity index is 1.46. The number of fused-ring (bicyclic) bond motifs is 1. The molecule has 1 fully saturated rings. The zero-order valence-corrected chi connectivity index (χ0v) is 18.4. The molecule has 1 aliphatic heterocycles. The van der Waals surface area contributed by atoms with Crippen molar-refractivity contribution >= 4 is 50.8 Å². The maximum atomic E-state index is 13.5. The smallest absolute Gasteiger partial charge is 0.323 e. The van der Waals surface area contributed by atoms with E-state index in [2.05, 4.69) is 15.3 Å². The monoisotopic (exact) mass is 467 g/mol. The van der Waals surface area contributed by atoms with Gasteiger partial charge in [0.25, 0.3) is 5.88 Å². The highest BCUT2D eigenvalue weighted by atomic mass is 35.5. The van der Waals surface area contributed by atoms with Gasteiger partial charge < -0.3 is 14.5 Å². The molecule has 0 atom stereocenters. The number of amides is 2. The van der Waals surface area contributed by atoms with Crippen molar-refractivity contribution in [2.24, 2.45) is 0 Å². The molecule has 3 heterocycles. The van der Waals surface area contributed by atoms with Crippen LogP contribution in [-0.4, -0.2) is 53.2 Å². The Hall–Kier alpha value is -2.72. The van der Waals surface area contributed by atoms with Crippen molar-refractivity contribution < 1.29 is 18.3 Å². The van der Waals surface area contributed by atoms with Gasteiger partial charge in [-0.15, -0.1) is 11.3 Å². The molecule has 0 aliphatic carbocycles. The van der Waals surface area contributed by atoms with E-state index in [1.807, 2.05) is 18.7 Å². The number of piperazine rings is 1. The molecule has 0 unspecified atom stereocenters. The fraction of sp³-hybridized carbons (Fsp3) is 0.350. The first kappa shape index (κ1) is 21.5. The maximum Gasteiger partial charge on any atom is 0.323 e. The van der Waals surface area contributed by atoms with E-state index in [4.69, 9.17) is 16.3 Å². The lowest BCUT2D eigenvalue weighted by Gasteiger charge is -2.36. The van der Waals surface area contributed by atoms with Gasteiger partial charge in [0.2, 0.25) is 0 Å². The van der Waals surface area contributed by atoms with Gasteiger partial charge in [-0.1, -0.05) is 11.6 Å². The second-order valence-corrected chi connectivity index (χ2v) is 8.98. The fourth-order valence-electron chi connectivity index (χ4n) is 3.27. The number of hydrogen-bond acceptors (Lipinski definition) is 6. The van der Waals surface area contributed by atoms with Gasteiger partial charge in [-0.05, 0) is 32.0 Å². The molecular weight excluding hydrogens is 448 g/mol. The van der Waals surface area contributed by atoms with E-state index >= 15 is 0 Å². The summed E-state index contributed by atoms with van der Waals surface area (Å²) < 4.78 is 33.3. The summed E-state index contributed by atoms with van der Waals surface area (Å²) in [5.74, 6) is -0.815. The van der Waals surface area contributed by atoms with Crippen LogP contribution in [0.25, 0.3) is 10.3 Å². The quantitative estimate of drug-likeness (QED) is 0.598. The van der Waals surface area contributed by atoms with Gasteiger partial charge in [-0.2, -0.15) is 0 Å². The first-order valence-electron chi connectivity index (χ1n) is 9.69. The number of carbonyl (C=O) groups is 1. The highest BCUT2D eigenvalue weighted by molar-refractivity contribution is 7.22. The summed E-state index contributed by atoms with van der Waals surface area (Å²) in [6.07, 6.45) is -0.160. The molecule has 0 radical (unpaired) electrons. The number of anilines is 2. The number of rotatable bonds is 4. The van der Waals surface area contributed by atoms with Crippen LogP contribution in [0.2, 0.25) is 4.34 Å². The van der Waals surface area contributed by atoms with Crippen LogP contribution in [0.3, 0.4) is 0 Å². The number of nitrogens with zero attached hydrogens (tertiary/aromatic N) is 4. The lowest BCUT2D eigenvalue weighted by atomic mass is 10.2. The van der Waals surface area contributed by atoms with E-state index in [0.29, 0.717) is 46.5 Å². The molecule has 164 valence electrons. The average Bonchev–Trinajstić information content (AvgIpc) is 3.06. The molecule has 11 heteroatoms. The predicted octanol–water partition coefficient (Wildman–Crippen LogP) is 4.76. The number of thiophene rings is 1. The van der Waals surface area contributed by atoms with Crippen LogP contribution >= 0.6 is 22.9 Å². The van der Waals surface area contributed by atoms with Crippen LogP contribution in [0.1, 0.15) is 13.8 Å². The topological polar surface area (TPSA) is 70.6 Å².